The van der Waals surface area contributed by atoms with Gasteiger partial charge in [0.1, 0.15) is 11.4 Å². The molecular weight excluding hydrogens is 378 g/mol. The van der Waals surface area contributed by atoms with E-state index in [4.69, 9.17) is 16.3 Å². The number of imide groups is 1. The Morgan fingerprint density at radius 1 is 1.26 bits per heavy atom. The predicted molar refractivity (Wildman–Crippen MR) is 94.5 cm³/mol. The molecule has 0 atom stereocenters. The van der Waals surface area contributed by atoms with Crippen LogP contribution < -0.4 is 20.1 Å². The van der Waals surface area contributed by atoms with E-state index in [0.717, 1.165) is 11.0 Å². The number of rotatable bonds is 4. The standard InChI is InChI=1S/C17H12ClN3O6/c1-27-14-7-9(6-13(15(14)22)21(25)26)5-12-16(23)20(17(24)19-12)11-4-2-3-10(18)8-11/h2-8,22H,1H3,(H,19,24)/p-1/b12-5-. The molecule has 1 aliphatic heterocycles. The Bertz CT molecular complexity index is 1000. The summed E-state index contributed by atoms with van der Waals surface area (Å²) >= 11 is 5.89. The third-order valence-electron chi connectivity index (χ3n) is 3.73. The second-order valence-corrected chi connectivity index (χ2v) is 5.87. The van der Waals surface area contributed by atoms with Crippen molar-refractivity contribution in [3.8, 4) is 11.5 Å². The van der Waals surface area contributed by atoms with Crippen LogP contribution in [0, 0.1) is 10.1 Å². The highest BCUT2D eigenvalue weighted by Gasteiger charge is 2.35. The van der Waals surface area contributed by atoms with Gasteiger partial charge in [-0.05, 0) is 35.9 Å². The van der Waals surface area contributed by atoms with E-state index in [1.54, 1.807) is 12.1 Å². The minimum absolute atomic E-state index is 0.116. The topological polar surface area (TPSA) is 125 Å². The van der Waals surface area contributed by atoms with Crippen LogP contribution in [0.5, 0.6) is 11.5 Å². The van der Waals surface area contributed by atoms with Gasteiger partial charge in [-0.1, -0.05) is 17.7 Å². The van der Waals surface area contributed by atoms with E-state index in [9.17, 15) is 24.8 Å². The summed E-state index contributed by atoms with van der Waals surface area (Å²) in [5, 5.41) is 25.6. The average Bonchev–Trinajstić information content (AvgIpc) is 2.89. The molecule has 1 saturated heterocycles. The molecule has 0 aromatic heterocycles. The van der Waals surface area contributed by atoms with E-state index in [-0.39, 0.29) is 22.7 Å². The fourth-order valence-electron chi connectivity index (χ4n) is 2.53. The number of carbonyl (C=O) groups is 2. The number of hydrogen-bond donors (Lipinski definition) is 1. The van der Waals surface area contributed by atoms with E-state index < -0.39 is 28.3 Å². The predicted octanol–water partition coefficient (Wildman–Crippen LogP) is 2.43. The Morgan fingerprint density at radius 2 is 2.00 bits per heavy atom. The molecule has 0 bridgehead atoms. The van der Waals surface area contributed by atoms with E-state index in [1.807, 2.05) is 0 Å². The lowest BCUT2D eigenvalue weighted by molar-refractivity contribution is -0.398. The molecule has 3 amide bonds. The Kier molecular flexibility index (Phi) is 4.70. The molecule has 0 radical (unpaired) electrons. The first-order chi connectivity index (χ1) is 12.8. The molecule has 0 unspecified atom stereocenters. The van der Waals surface area contributed by atoms with Crippen LogP contribution in [0.1, 0.15) is 5.56 Å². The SMILES string of the molecule is COc1cc(/C=C2\NC(=O)N(c3cccc(Cl)c3)C2=O)cc([N+](=O)[O-])c1[O-]. The third kappa shape index (κ3) is 3.40. The highest BCUT2D eigenvalue weighted by Crippen LogP contribution is 2.35. The zero-order chi connectivity index (χ0) is 19.7. The number of nitrogens with one attached hydrogen (secondary N) is 1. The van der Waals surface area contributed by atoms with Crippen molar-refractivity contribution in [1.82, 2.24) is 5.32 Å². The second kappa shape index (κ2) is 6.96. The van der Waals surface area contributed by atoms with Crippen LogP contribution in [0.3, 0.4) is 0 Å². The van der Waals surface area contributed by atoms with Crippen molar-refractivity contribution in [2.75, 3.05) is 12.0 Å². The van der Waals surface area contributed by atoms with Gasteiger partial charge in [0.15, 0.2) is 0 Å². The van der Waals surface area contributed by atoms with Gasteiger partial charge in [0.25, 0.3) is 11.6 Å². The number of benzene rings is 2. The fourth-order valence-corrected chi connectivity index (χ4v) is 2.71. The fraction of sp³-hybridized carbons (Fsp3) is 0.0588. The van der Waals surface area contributed by atoms with E-state index in [0.29, 0.717) is 5.02 Å². The normalized spacial score (nSPS) is 15.2. The molecule has 2 aromatic carbocycles. The summed E-state index contributed by atoms with van der Waals surface area (Å²) in [6.45, 7) is 0. The number of hydrogen-bond acceptors (Lipinski definition) is 6. The van der Waals surface area contributed by atoms with Crippen LogP contribution in [0.2, 0.25) is 5.02 Å². The minimum atomic E-state index is -0.882. The van der Waals surface area contributed by atoms with Gasteiger partial charge in [-0.15, -0.1) is 0 Å². The van der Waals surface area contributed by atoms with Crippen molar-refractivity contribution < 1.29 is 24.4 Å². The third-order valence-corrected chi connectivity index (χ3v) is 3.96. The lowest BCUT2D eigenvalue weighted by Gasteiger charge is -2.13. The second-order valence-electron chi connectivity index (χ2n) is 5.44. The van der Waals surface area contributed by atoms with Gasteiger partial charge in [0.2, 0.25) is 0 Å². The smallest absolute Gasteiger partial charge is 0.333 e. The van der Waals surface area contributed by atoms with Gasteiger partial charge in [-0.2, -0.15) is 0 Å². The summed E-state index contributed by atoms with van der Waals surface area (Å²) in [4.78, 5) is 35.8. The quantitative estimate of drug-likeness (QED) is 0.371. The molecule has 3 rings (SSSR count). The number of halogens is 1. The number of nitro benzene ring substituents is 1. The van der Waals surface area contributed by atoms with Gasteiger partial charge in [0.05, 0.1) is 17.7 Å². The molecular formula is C17H11ClN3O6-. The summed E-state index contributed by atoms with van der Waals surface area (Å²) in [6, 6.07) is 7.70. The van der Waals surface area contributed by atoms with Crippen LogP contribution in [-0.4, -0.2) is 24.0 Å². The van der Waals surface area contributed by atoms with Crippen LogP contribution >= 0.6 is 11.6 Å². The maximum absolute atomic E-state index is 12.6. The van der Waals surface area contributed by atoms with Crippen molar-refractivity contribution in [2.45, 2.75) is 0 Å². The summed E-state index contributed by atoms with van der Waals surface area (Å²) in [6.07, 6.45) is 1.22. The number of anilines is 1. The Balaban J connectivity index is 2.01. The first kappa shape index (κ1) is 18.2. The van der Waals surface area contributed by atoms with Crippen LogP contribution in [0.25, 0.3) is 6.08 Å². The van der Waals surface area contributed by atoms with Gasteiger partial charge < -0.3 is 15.2 Å². The highest BCUT2D eigenvalue weighted by molar-refractivity contribution is 6.32. The van der Waals surface area contributed by atoms with Gasteiger partial charge >= 0.3 is 6.03 Å². The first-order valence-corrected chi connectivity index (χ1v) is 7.85. The van der Waals surface area contributed by atoms with Crippen molar-refractivity contribution in [2.24, 2.45) is 0 Å². The van der Waals surface area contributed by atoms with E-state index in [2.05, 4.69) is 5.32 Å². The molecule has 0 aliphatic carbocycles. The molecule has 2 aromatic rings. The number of urea groups is 1. The molecule has 138 valence electrons. The maximum Gasteiger partial charge on any atom is 0.333 e. The summed E-state index contributed by atoms with van der Waals surface area (Å²) in [5.41, 5.74) is -0.402. The molecule has 10 heteroatoms. The van der Waals surface area contributed by atoms with Crippen molar-refractivity contribution in [3.05, 3.63) is 62.8 Å². The number of nitro groups is 1. The number of ether oxygens (including phenoxy) is 1. The number of methoxy groups -OCH3 is 1. The molecule has 1 aliphatic rings. The lowest BCUT2D eigenvalue weighted by atomic mass is 10.1. The first-order valence-electron chi connectivity index (χ1n) is 7.48. The highest BCUT2D eigenvalue weighted by atomic mass is 35.5. The van der Waals surface area contributed by atoms with E-state index >= 15 is 0 Å². The molecule has 1 heterocycles. The van der Waals surface area contributed by atoms with Crippen molar-refractivity contribution in [3.63, 3.8) is 0 Å². The van der Waals surface area contributed by atoms with E-state index in [1.165, 1.54) is 31.4 Å². The van der Waals surface area contributed by atoms with Crippen molar-refractivity contribution in [1.29, 1.82) is 0 Å². The zero-order valence-electron chi connectivity index (χ0n) is 13.8. The Morgan fingerprint density at radius 3 is 2.63 bits per heavy atom. The Labute approximate surface area is 157 Å². The number of nitrogens with zero attached hydrogens (tertiary/aromatic N) is 2. The zero-order valence-corrected chi connectivity index (χ0v) is 14.5. The lowest BCUT2D eigenvalue weighted by Crippen LogP contribution is -2.30. The number of carbonyl (C=O) groups excluding carboxylic acids is 2. The number of amides is 3. The Hall–Kier alpha value is -3.59. The van der Waals surface area contributed by atoms with Gasteiger partial charge in [-0.25, -0.2) is 9.69 Å². The monoisotopic (exact) mass is 388 g/mol. The van der Waals surface area contributed by atoms with Gasteiger partial charge in [-0.3, -0.25) is 14.9 Å². The summed E-state index contributed by atoms with van der Waals surface area (Å²) in [7, 11) is 1.20. The van der Waals surface area contributed by atoms with Gasteiger partial charge in [0, 0.05) is 16.8 Å². The minimum Gasteiger partial charge on any atom is -0.865 e. The van der Waals surface area contributed by atoms with Crippen LogP contribution in [0.4, 0.5) is 16.2 Å². The molecule has 9 nitrogen and oxygen atoms in total. The van der Waals surface area contributed by atoms with Crippen LogP contribution in [-0.2, 0) is 4.79 Å². The molecule has 0 spiro atoms. The largest absolute Gasteiger partial charge is 0.865 e. The average molecular weight is 389 g/mol. The molecule has 1 N–H and O–H groups in total. The summed E-state index contributed by atoms with van der Waals surface area (Å²) in [5.74, 6) is -1.80. The summed E-state index contributed by atoms with van der Waals surface area (Å²) < 4.78 is 4.85. The maximum atomic E-state index is 12.6. The molecule has 0 saturated carbocycles. The molecule has 27 heavy (non-hydrogen) atoms. The van der Waals surface area contributed by atoms with Crippen LogP contribution in [0.15, 0.2) is 42.1 Å². The molecule has 1 fully saturated rings. The van der Waals surface area contributed by atoms with Crippen molar-refractivity contribution >= 4 is 41.0 Å².